The zero-order valence-corrected chi connectivity index (χ0v) is 83.7. The van der Waals surface area contributed by atoms with Gasteiger partial charge in [0.1, 0.15) is 92.0 Å². The molecular formula is C134H99B4N3O8. The fraction of sp³-hybridized carbons (Fsp3) is 0.0597. The van der Waals surface area contributed by atoms with Crippen LogP contribution in [0.1, 0.15) is 44.5 Å². The lowest BCUT2D eigenvalue weighted by atomic mass is 9.34. The zero-order chi connectivity index (χ0) is 100. The van der Waals surface area contributed by atoms with Crippen LogP contribution < -0.4 is 118 Å². The zero-order valence-electron chi connectivity index (χ0n) is 83.7. The van der Waals surface area contributed by atoms with E-state index in [0.717, 1.165) is 187 Å². The second-order valence-corrected chi connectivity index (χ2v) is 39.5. The Morgan fingerprint density at radius 2 is 0.349 bits per heavy atom. The van der Waals surface area contributed by atoms with Crippen molar-refractivity contribution in [2.75, 3.05) is 14.7 Å². The van der Waals surface area contributed by atoms with E-state index >= 15 is 0 Å². The molecule has 0 aliphatic carbocycles. The summed E-state index contributed by atoms with van der Waals surface area (Å²) in [5.41, 5.74) is 40.1. The highest BCUT2D eigenvalue weighted by Gasteiger charge is 2.47. The SMILES string of the molecule is Cc1cc2c(cc1C)B1c3cc(C)c(C)cc3Oc3cc(N(c4ccccc4)c4ccccc4)cc(c31)O2.Cc1cccc(C)c1N(c1cc2c3c(c1)Oc1ccccc1B3c1ccccc1O2)c1c(C)cccc1C.c1ccc(-c2ccc3c(c2)Oc2cc(-c4ccccc4)cc4c2B3c2ccc(-c3ccccc3)cc2O4)cc1.c1ccc(N(c2ccccc2)c2cc3c4c(c2)Oc2ccccc2B4c2ccccc2O3)cc1. The molecule has 149 heavy (non-hydrogen) atoms. The molecule has 15 heteroatoms. The van der Waals surface area contributed by atoms with Gasteiger partial charge in [-0.2, -0.15) is 0 Å². The van der Waals surface area contributed by atoms with Gasteiger partial charge in [-0.05, 0) is 286 Å². The van der Waals surface area contributed by atoms with Gasteiger partial charge in [-0.3, -0.25) is 0 Å². The number of nitrogens with zero attached hydrogens (tertiary/aromatic N) is 3. The first kappa shape index (κ1) is 90.7. The summed E-state index contributed by atoms with van der Waals surface area (Å²) >= 11 is 0. The standard InChI is InChI=1S/C36H23BO2.2C34H28BNO2.C30H20BNO2/c1-4-10-24(11-5-1)27-16-18-30-32(20-27)38-34-22-29(26-14-8-3-9-15-26)23-35-36(34)37(30)31-19-17-28(21-33(31)39-35)25-12-6-2-7-13-25;1-21-11-9-12-22(2)33(21)36(34-23(3)13-10-14-24(34)4)25-19-30-32-31(20-25)38-29-18-8-6-16-27(29)35(32)26-15-5-7-17-28(26)37-30;1-21-15-28-30(17-23(21)3)37-32-19-27(36(25-11-7-5-8-12-25)26-13-9-6-10-14-26)20-33-34(32)35(28)29-16-22(2)24(4)18-31(29)38-33;1-3-11-21(12-4-1)32(22-13-5-2-6-14-22)23-19-28-30-29(20-23)34-27-18-10-8-16-25(27)31(30)24-15-7-9-17-26(24)33-28/h1-23H;2*5-20H,1-4H3;1-20H. The highest BCUT2D eigenvalue weighted by atomic mass is 16.5. The monoisotopic (exact) mass is 1920 g/mol. The van der Waals surface area contributed by atoms with Crippen LogP contribution in [0.15, 0.2) is 455 Å². The normalized spacial score (nSPS) is 12.5. The number of rotatable bonds is 12. The van der Waals surface area contributed by atoms with E-state index in [-0.39, 0.29) is 26.9 Å². The van der Waals surface area contributed by atoms with Crippen LogP contribution in [0, 0.1) is 55.4 Å². The van der Waals surface area contributed by atoms with E-state index in [1.165, 1.54) is 99.8 Å². The molecular weight excluding hydrogens is 1820 g/mol. The molecule has 0 saturated heterocycles. The summed E-state index contributed by atoms with van der Waals surface area (Å²) in [5.74, 6) is 14.0. The van der Waals surface area contributed by atoms with Gasteiger partial charge in [0.15, 0.2) is 0 Å². The van der Waals surface area contributed by atoms with Crippen LogP contribution in [0.5, 0.6) is 92.0 Å². The van der Waals surface area contributed by atoms with Crippen molar-refractivity contribution in [3.05, 3.63) is 499 Å². The molecule has 0 N–H and O–H groups in total. The lowest BCUT2D eigenvalue weighted by molar-refractivity contribution is 0.464. The van der Waals surface area contributed by atoms with Crippen molar-refractivity contribution in [3.63, 3.8) is 0 Å². The van der Waals surface area contributed by atoms with E-state index in [9.17, 15) is 0 Å². The molecule has 0 radical (unpaired) electrons. The Kier molecular flexibility index (Phi) is 22.9. The van der Waals surface area contributed by atoms with Crippen LogP contribution >= 0.6 is 0 Å². The van der Waals surface area contributed by atoms with E-state index in [4.69, 9.17) is 37.9 Å². The molecule has 0 unspecified atom stereocenters. The number of hydrogen-bond donors (Lipinski definition) is 0. The molecule has 710 valence electrons. The highest BCUT2D eigenvalue weighted by Crippen LogP contribution is 2.51. The Morgan fingerprint density at radius 1 is 0.134 bits per heavy atom. The molecule has 29 rings (SSSR count). The summed E-state index contributed by atoms with van der Waals surface area (Å²) in [6, 6.07) is 159. The lowest BCUT2D eigenvalue weighted by Crippen LogP contribution is -2.57. The third kappa shape index (κ3) is 16.3. The van der Waals surface area contributed by atoms with E-state index < -0.39 is 0 Å². The van der Waals surface area contributed by atoms with Gasteiger partial charge in [0, 0.05) is 81.0 Å². The van der Waals surface area contributed by atoms with E-state index in [0.29, 0.717) is 0 Å². The molecule has 8 aliphatic heterocycles. The number of ether oxygens (including phenoxy) is 8. The van der Waals surface area contributed by atoms with Crippen LogP contribution in [-0.4, -0.2) is 26.9 Å². The smallest absolute Gasteiger partial charge is 0.260 e. The molecule has 21 aromatic carbocycles. The van der Waals surface area contributed by atoms with Crippen LogP contribution in [0.3, 0.4) is 0 Å². The van der Waals surface area contributed by atoms with Crippen LogP contribution in [0.4, 0.5) is 51.2 Å². The first-order chi connectivity index (χ1) is 73.2. The summed E-state index contributed by atoms with van der Waals surface area (Å²) in [5, 5.41) is 0. The predicted octanol–water partition coefficient (Wildman–Crippen LogP) is 27.5. The first-order valence-electron chi connectivity index (χ1n) is 51.1. The molecule has 21 aromatic rings. The van der Waals surface area contributed by atoms with Crippen molar-refractivity contribution < 1.29 is 37.9 Å². The van der Waals surface area contributed by atoms with Crippen LogP contribution in [-0.2, 0) is 0 Å². The van der Waals surface area contributed by atoms with Crippen molar-refractivity contribution >= 4 is 144 Å². The van der Waals surface area contributed by atoms with Gasteiger partial charge in [-0.1, -0.05) is 309 Å². The fourth-order valence-corrected chi connectivity index (χ4v) is 23.0. The van der Waals surface area contributed by atoms with Gasteiger partial charge in [0.25, 0.3) is 26.9 Å². The van der Waals surface area contributed by atoms with Crippen molar-refractivity contribution in [2.24, 2.45) is 0 Å². The first-order valence-corrected chi connectivity index (χ1v) is 51.1. The number of benzene rings is 21. The molecule has 0 bridgehead atoms. The number of para-hydroxylation sites is 10. The summed E-state index contributed by atoms with van der Waals surface area (Å²) < 4.78 is 52.9. The van der Waals surface area contributed by atoms with Crippen LogP contribution in [0.2, 0.25) is 0 Å². The topological polar surface area (TPSA) is 83.6 Å². The number of anilines is 9. The third-order valence-corrected chi connectivity index (χ3v) is 30.2. The van der Waals surface area contributed by atoms with Gasteiger partial charge in [0.05, 0.1) is 28.4 Å². The predicted molar refractivity (Wildman–Crippen MR) is 615 cm³/mol. The summed E-state index contributed by atoms with van der Waals surface area (Å²) in [6.45, 7) is 17.6. The Balaban J connectivity index is 0.000000100. The highest BCUT2D eigenvalue weighted by molar-refractivity contribution is 7.00. The quantitative estimate of drug-likeness (QED) is 0.110. The largest absolute Gasteiger partial charge is 0.458 e. The molecule has 0 fully saturated rings. The third-order valence-electron chi connectivity index (χ3n) is 30.2. The molecule has 0 aromatic heterocycles. The van der Waals surface area contributed by atoms with Gasteiger partial charge in [-0.25, -0.2) is 0 Å². The van der Waals surface area contributed by atoms with E-state index in [2.05, 4.69) is 458 Å². The van der Waals surface area contributed by atoms with Crippen molar-refractivity contribution in [1.29, 1.82) is 0 Å². The molecule has 8 heterocycles. The number of fused-ring (bicyclic) bond motifs is 16. The summed E-state index contributed by atoms with van der Waals surface area (Å²) in [6.07, 6.45) is 0. The lowest BCUT2D eigenvalue weighted by Gasteiger charge is -2.36. The number of aryl methyl sites for hydroxylation is 8. The Bertz CT molecular complexity index is 8360. The van der Waals surface area contributed by atoms with E-state index in [1.54, 1.807) is 0 Å². The van der Waals surface area contributed by atoms with Gasteiger partial charge in [0.2, 0.25) is 0 Å². The minimum Gasteiger partial charge on any atom is -0.458 e. The van der Waals surface area contributed by atoms with Crippen LogP contribution in [0.25, 0.3) is 33.4 Å². The van der Waals surface area contributed by atoms with Gasteiger partial charge in [-0.15, -0.1) is 0 Å². The maximum absolute atomic E-state index is 6.68. The maximum Gasteiger partial charge on any atom is 0.260 e. The van der Waals surface area contributed by atoms with Gasteiger partial charge < -0.3 is 52.6 Å². The summed E-state index contributed by atoms with van der Waals surface area (Å²) in [4.78, 5) is 6.87. The minimum absolute atomic E-state index is 0.0296. The molecule has 0 atom stereocenters. The maximum atomic E-state index is 6.68. The van der Waals surface area contributed by atoms with Gasteiger partial charge >= 0.3 is 0 Å². The molecule has 11 nitrogen and oxygen atoms in total. The van der Waals surface area contributed by atoms with Crippen molar-refractivity contribution in [2.45, 2.75) is 55.4 Å². The summed E-state index contributed by atoms with van der Waals surface area (Å²) in [7, 11) is 0. The fourth-order valence-electron chi connectivity index (χ4n) is 23.0. The second-order valence-electron chi connectivity index (χ2n) is 39.5. The molecule has 0 saturated carbocycles. The van der Waals surface area contributed by atoms with Crippen molar-refractivity contribution in [3.8, 4) is 125 Å². The molecule has 8 aliphatic rings. The second kappa shape index (κ2) is 37.7. The Hall–Kier alpha value is -18.3. The van der Waals surface area contributed by atoms with Crippen molar-refractivity contribution in [1.82, 2.24) is 0 Å². The Labute approximate surface area is 870 Å². The molecule has 0 spiro atoms. The Morgan fingerprint density at radius 3 is 0.644 bits per heavy atom. The minimum atomic E-state index is 0.0296. The average molecular weight is 1920 g/mol. The number of hydrogen-bond acceptors (Lipinski definition) is 11. The molecule has 0 amide bonds. The average Bonchev–Trinajstić information content (AvgIpc) is 0.711. The van der Waals surface area contributed by atoms with E-state index in [1.807, 2.05) is 66.7 Å².